The fourth-order valence-electron chi connectivity index (χ4n) is 2.75. The zero-order valence-electron chi connectivity index (χ0n) is 12.6. The normalized spacial score (nSPS) is 18.1. The Morgan fingerprint density at radius 1 is 1.29 bits per heavy atom. The van der Waals surface area contributed by atoms with E-state index in [1.54, 1.807) is 18.2 Å². The van der Waals surface area contributed by atoms with Crippen molar-refractivity contribution < 1.29 is 9.13 Å². The van der Waals surface area contributed by atoms with E-state index < -0.39 is 0 Å². The van der Waals surface area contributed by atoms with Gasteiger partial charge in [-0.15, -0.1) is 10.2 Å². The molecule has 3 rings (SSSR count). The molecule has 1 aromatic heterocycles. The highest BCUT2D eigenvalue weighted by Gasteiger charge is 2.30. The number of fused-ring (bicyclic) bond motifs is 1. The first-order valence-electron chi connectivity index (χ1n) is 7.29. The Balaban J connectivity index is 1.85. The van der Waals surface area contributed by atoms with E-state index in [2.05, 4.69) is 28.6 Å². The molecule has 112 valence electrons. The monoisotopic (exact) mass is 289 g/mol. The van der Waals surface area contributed by atoms with Crippen LogP contribution in [0.2, 0.25) is 0 Å². The number of aromatic nitrogens is 3. The van der Waals surface area contributed by atoms with Crippen LogP contribution in [-0.4, -0.2) is 14.8 Å². The second kappa shape index (κ2) is 5.13. The van der Waals surface area contributed by atoms with Crippen LogP contribution < -0.4 is 4.74 Å². The third-order valence-electron chi connectivity index (χ3n) is 3.97. The molecule has 0 fully saturated rings. The van der Waals surface area contributed by atoms with Crippen LogP contribution >= 0.6 is 0 Å². The molecule has 0 bridgehead atoms. The van der Waals surface area contributed by atoms with Crippen LogP contribution in [-0.2, 0) is 13.0 Å². The van der Waals surface area contributed by atoms with Crippen molar-refractivity contribution in [3.05, 3.63) is 41.7 Å². The lowest BCUT2D eigenvalue weighted by atomic mass is 9.85. The van der Waals surface area contributed by atoms with Gasteiger partial charge in [0, 0.05) is 13.0 Å². The van der Waals surface area contributed by atoms with E-state index >= 15 is 0 Å². The molecule has 0 radical (unpaired) electrons. The topological polar surface area (TPSA) is 39.9 Å². The Morgan fingerprint density at radius 3 is 2.81 bits per heavy atom. The number of rotatable bonds is 3. The zero-order chi connectivity index (χ0) is 15.0. The molecule has 0 amide bonds. The van der Waals surface area contributed by atoms with Gasteiger partial charge in [0.1, 0.15) is 5.82 Å². The lowest BCUT2D eigenvalue weighted by molar-refractivity contribution is 0.184. The Hall–Kier alpha value is -1.91. The van der Waals surface area contributed by atoms with E-state index in [0.29, 0.717) is 0 Å². The van der Waals surface area contributed by atoms with Crippen LogP contribution in [0.15, 0.2) is 24.3 Å². The summed E-state index contributed by atoms with van der Waals surface area (Å²) in [5, 5.41) is 8.50. The average Bonchev–Trinajstić information content (AvgIpc) is 2.83. The fourth-order valence-corrected chi connectivity index (χ4v) is 2.75. The molecule has 1 aromatic carbocycles. The number of nitrogens with zero attached hydrogens (tertiary/aromatic N) is 3. The number of hydrogen-bond acceptors (Lipinski definition) is 3. The number of aryl methyl sites for hydroxylation is 1. The number of benzene rings is 1. The van der Waals surface area contributed by atoms with Crippen molar-refractivity contribution in [2.75, 3.05) is 0 Å². The summed E-state index contributed by atoms with van der Waals surface area (Å²) < 4.78 is 21.5. The molecule has 1 aliphatic heterocycles. The third-order valence-corrected chi connectivity index (χ3v) is 3.97. The number of ether oxygens (including phenoxy) is 1. The van der Waals surface area contributed by atoms with Crippen molar-refractivity contribution in [2.45, 2.75) is 46.3 Å². The molecular formula is C16H20FN3O. The molecule has 1 aliphatic rings. The fraction of sp³-hybridized carbons (Fsp3) is 0.500. The van der Waals surface area contributed by atoms with E-state index in [4.69, 9.17) is 4.74 Å². The standard InChI is InChI=1S/C16H20FN3O/c1-11(21-13-7-5-4-6-12(13)17)15-19-18-14-8-9-16(2,3)10-20(14)15/h4-7,11H,8-10H2,1-3H3. The zero-order valence-corrected chi connectivity index (χ0v) is 12.6. The van der Waals surface area contributed by atoms with Gasteiger partial charge in [-0.3, -0.25) is 0 Å². The van der Waals surface area contributed by atoms with Crippen LogP contribution in [0.5, 0.6) is 5.75 Å². The van der Waals surface area contributed by atoms with Crippen LogP contribution in [0.4, 0.5) is 4.39 Å². The van der Waals surface area contributed by atoms with Gasteiger partial charge >= 0.3 is 0 Å². The molecule has 1 unspecified atom stereocenters. The quantitative estimate of drug-likeness (QED) is 0.868. The predicted molar refractivity (Wildman–Crippen MR) is 77.6 cm³/mol. The van der Waals surface area contributed by atoms with E-state index in [1.165, 1.54) is 6.07 Å². The number of hydrogen-bond donors (Lipinski definition) is 0. The van der Waals surface area contributed by atoms with Crippen LogP contribution in [0.25, 0.3) is 0 Å². The molecule has 4 nitrogen and oxygen atoms in total. The second-order valence-electron chi connectivity index (χ2n) is 6.42. The average molecular weight is 289 g/mol. The maximum Gasteiger partial charge on any atom is 0.173 e. The first-order chi connectivity index (χ1) is 9.96. The van der Waals surface area contributed by atoms with Crippen LogP contribution in [0, 0.1) is 11.2 Å². The molecule has 0 N–H and O–H groups in total. The maximum atomic E-state index is 13.7. The second-order valence-corrected chi connectivity index (χ2v) is 6.42. The highest BCUT2D eigenvalue weighted by Crippen LogP contribution is 2.32. The van der Waals surface area contributed by atoms with Crippen molar-refractivity contribution in [1.82, 2.24) is 14.8 Å². The van der Waals surface area contributed by atoms with Gasteiger partial charge in [-0.25, -0.2) is 4.39 Å². The van der Waals surface area contributed by atoms with Gasteiger partial charge in [0.15, 0.2) is 23.5 Å². The minimum absolute atomic E-state index is 0.224. The summed E-state index contributed by atoms with van der Waals surface area (Å²) in [6.45, 7) is 7.23. The van der Waals surface area contributed by atoms with Crippen molar-refractivity contribution in [3.8, 4) is 5.75 Å². The van der Waals surface area contributed by atoms with Gasteiger partial charge < -0.3 is 9.30 Å². The van der Waals surface area contributed by atoms with Gasteiger partial charge in [0.05, 0.1) is 0 Å². The molecule has 0 aliphatic carbocycles. The van der Waals surface area contributed by atoms with E-state index in [-0.39, 0.29) is 23.1 Å². The van der Waals surface area contributed by atoms with E-state index in [9.17, 15) is 4.39 Å². The van der Waals surface area contributed by atoms with E-state index in [0.717, 1.165) is 31.0 Å². The van der Waals surface area contributed by atoms with Gasteiger partial charge in [0.2, 0.25) is 0 Å². The smallest absolute Gasteiger partial charge is 0.173 e. The molecule has 0 saturated carbocycles. The maximum absolute atomic E-state index is 13.7. The van der Waals surface area contributed by atoms with Crippen molar-refractivity contribution in [3.63, 3.8) is 0 Å². The molecule has 21 heavy (non-hydrogen) atoms. The van der Waals surface area contributed by atoms with Crippen molar-refractivity contribution in [2.24, 2.45) is 5.41 Å². The molecule has 2 heterocycles. The van der Waals surface area contributed by atoms with Crippen LogP contribution in [0.3, 0.4) is 0 Å². The summed E-state index contributed by atoms with van der Waals surface area (Å²) in [6, 6.07) is 6.43. The minimum atomic E-state index is -0.358. The summed E-state index contributed by atoms with van der Waals surface area (Å²) in [5.74, 6) is 1.65. The Kier molecular flexibility index (Phi) is 3.43. The number of para-hydroxylation sites is 1. The molecule has 0 saturated heterocycles. The minimum Gasteiger partial charge on any atom is -0.480 e. The SMILES string of the molecule is CC(Oc1ccccc1F)c1nnc2n1CC(C)(C)CC2. The van der Waals surface area contributed by atoms with Gasteiger partial charge in [0.25, 0.3) is 0 Å². The first kappa shape index (κ1) is 14.0. The Bertz CT molecular complexity index is 651. The largest absolute Gasteiger partial charge is 0.480 e. The highest BCUT2D eigenvalue weighted by molar-refractivity contribution is 5.24. The molecule has 0 spiro atoms. The summed E-state index contributed by atoms with van der Waals surface area (Å²) in [7, 11) is 0. The molecule has 5 heteroatoms. The summed E-state index contributed by atoms with van der Waals surface area (Å²) in [5.41, 5.74) is 0.224. The highest BCUT2D eigenvalue weighted by atomic mass is 19.1. The van der Waals surface area contributed by atoms with Crippen LogP contribution in [0.1, 0.15) is 44.9 Å². The Labute approximate surface area is 124 Å². The van der Waals surface area contributed by atoms with E-state index in [1.807, 2.05) is 6.92 Å². The van der Waals surface area contributed by atoms with Crippen molar-refractivity contribution in [1.29, 1.82) is 0 Å². The summed E-state index contributed by atoms with van der Waals surface area (Å²) >= 11 is 0. The lowest BCUT2D eigenvalue weighted by Crippen LogP contribution is -2.29. The third kappa shape index (κ3) is 2.77. The van der Waals surface area contributed by atoms with Gasteiger partial charge in [-0.05, 0) is 30.9 Å². The Morgan fingerprint density at radius 2 is 2.05 bits per heavy atom. The lowest BCUT2D eigenvalue weighted by Gasteiger charge is -2.31. The van der Waals surface area contributed by atoms with Gasteiger partial charge in [-0.1, -0.05) is 26.0 Å². The molecular weight excluding hydrogens is 269 g/mol. The van der Waals surface area contributed by atoms with Gasteiger partial charge in [-0.2, -0.15) is 0 Å². The summed E-state index contributed by atoms with van der Waals surface area (Å²) in [6.07, 6.45) is 1.69. The van der Waals surface area contributed by atoms with Crippen molar-refractivity contribution >= 4 is 0 Å². The molecule has 2 aromatic rings. The summed E-state index contributed by atoms with van der Waals surface area (Å²) in [4.78, 5) is 0. The predicted octanol–water partition coefficient (Wildman–Crippen LogP) is 3.53. The first-order valence-corrected chi connectivity index (χ1v) is 7.29. The number of halogens is 1. The molecule has 1 atom stereocenters.